The van der Waals surface area contributed by atoms with E-state index in [2.05, 4.69) is 14.9 Å². The molecule has 1 aliphatic heterocycles. The zero-order chi connectivity index (χ0) is 14.8. The van der Waals surface area contributed by atoms with Crippen LogP contribution in [-0.2, 0) is 13.0 Å². The average Bonchev–Trinajstić information content (AvgIpc) is 2.53. The molecule has 0 saturated carbocycles. The lowest BCUT2D eigenvalue weighted by atomic mass is 9.99. The molecule has 0 unspecified atom stereocenters. The molecule has 1 aliphatic rings. The highest BCUT2D eigenvalue weighted by Crippen LogP contribution is 2.34. The fourth-order valence-corrected chi connectivity index (χ4v) is 2.81. The van der Waals surface area contributed by atoms with Crippen LogP contribution in [0.25, 0.3) is 0 Å². The van der Waals surface area contributed by atoms with Crippen molar-refractivity contribution in [1.29, 1.82) is 0 Å². The number of methoxy groups -OCH3 is 2. The van der Waals surface area contributed by atoms with Crippen LogP contribution in [0.4, 0.5) is 5.82 Å². The predicted octanol–water partition coefficient (Wildman–Crippen LogP) is 2.71. The summed E-state index contributed by atoms with van der Waals surface area (Å²) in [6.45, 7) is 1.58. The summed E-state index contributed by atoms with van der Waals surface area (Å²) >= 11 is 6.13. The van der Waals surface area contributed by atoms with Crippen molar-refractivity contribution in [3.63, 3.8) is 0 Å². The van der Waals surface area contributed by atoms with Crippen molar-refractivity contribution in [1.82, 2.24) is 9.97 Å². The highest BCUT2D eigenvalue weighted by atomic mass is 35.5. The molecule has 21 heavy (non-hydrogen) atoms. The van der Waals surface area contributed by atoms with E-state index in [0.29, 0.717) is 5.15 Å². The average molecular weight is 306 g/mol. The number of hydrogen-bond donors (Lipinski definition) is 0. The second-order valence-electron chi connectivity index (χ2n) is 4.82. The standard InChI is InChI=1S/C15H16ClN3O2/c1-20-12-7-10-3-6-19(9-11(10)8-13(12)21-2)15-14(16)17-4-5-18-15/h4-5,7-8H,3,6,9H2,1-2H3. The molecule has 5 nitrogen and oxygen atoms in total. The predicted molar refractivity (Wildman–Crippen MR) is 81.3 cm³/mol. The van der Waals surface area contributed by atoms with Gasteiger partial charge in [-0.15, -0.1) is 0 Å². The van der Waals surface area contributed by atoms with Crippen LogP contribution in [0.5, 0.6) is 11.5 Å². The van der Waals surface area contributed by atoms with E-state index in [1.807, 2.05) is 12.1 Å². The van der Waals surface area contributed by atoms with Crippen LogP contribution >= 0.6 is 11.6 Å². The third-order valence-corrected chi connectivity index (χ3v) is 3.92. The summed E-state index contributed by atoms with van der Waals surface area (Å²) in [5, 5.41) is 0.432. The van der Waals surface area contributed by atoms with Gasteiger partial charge in [0.15, 0.2) is 22.5 Å². The largest absolute Gasteiger partial charge is 0.493 e. The van der Waals surface area contributed by atoms with E-state index in [0.717, 1.165) is 36.8 Å². The van der Waals surface area contributed by atoms with E-state index in [1.165, 1.54) is 11.1 Å². The van der Waals surface area contributed by atoms with Crippen LogP contribution in [-0.4, -0.2) is 30.7 Å². The van der Waals surface area contributed by atoms with Crippen molar-refractivity contribution in [3.05, 3.63) is 40.8 Å². The van der Waals surface area contributed by atoms with E-state index >= 15 is 0 Å². The normalized spacial score (nSPS) is 13.8. The summed E-state index contributed by atoms with van der Waals surface area (Å²) in [5.41, 5.74) is 2.46. The van der Waals surface area contributed by atoms with Crippen molar-refractivity contribution >= 4 is 17.4 Å². The van der Waals surface area contributed by atoms with Crippen molar-refractivity contribution in [3.8, 4) is 11.5 Å². The van der Waals surface area contributed by atoms with E-state index in [4.69, 9.17) is 21.1 Å². The maximum absolute atomic E-state index is 6.13. The van der Waals surface area contributed by atoms with E-state index < -0.39 is 0 Å². The molecule has 1 aromatic heterocycles. The molecule has 0 aliphatic carbocycles. The molecule has 3 rings (SSSR count). The lowest BCUT2D eigenvalue weighted by Gasteiger charge is -2.30. The zero-order valence-corrected chi connectivity index (χ0v) is 12.7. The number of hydrogen-bond acceptors (Lipinski definition) is 5. The highest BCUT2D eigenvalue weighted by molar-refractivity contribution is 6.31. The van der Waals surface area contributed by atoms with Crippen LogP contribution < -0.4 is 14.4 Å². The molecular weight excluding hydrogens is 290 g/mol. The van der Waals surface area contributed by atoms with Gasteiger partial charge in [0.05, 0.1) is 14.2 Å². The smallest absolute Gasteiger partial charge is 0.171 e. The SMILES string of the molecule is COc1cc2c(cc1OC)CN(c1nccnc1Cl)CC2. The van der Waals surface area contributed by atoms with Gasteiger partial charge >= 0.3 is 0 Å². The first-order valence-electron chi connectivity index (χ1n) is 6.68. The summed E-state index contributed by atoms with van der Waals surface area (Å²) in [6, 6.07) is 4.06. The van der Waals surface area contributed by atoms with Gasteiger partial charge in [-0.05, 0) is 29.7 Å². The topological polar surface area (TPSA) is 47.5 Å². The Bertz CT molecular complexity index is 663. The molecule has 0 fully saturated rings. The van der Waals surface area contributed by atoms with Crippen LogP contribution in [0.2, 0.25) is 5.15 Å². The Kier molecular flexibility index (Phi) is 3.84. The molecule has 0 N–H and O–H groups in total. The van der Waals surface area contributed by atoms with Gasteiger partial charge in [-0.1, -0.05) is 11.6 Å². The molecule has 0 spiro atoms. The summed E-state index contributed by atoms with van der Waals surface area (Å²) in [5.74, 6) is 2.23. The summed E-state index contributed by atoms with van der Waals surface area (Å²) < 4.78 is 10.7. The van der Waals surface area contributed by atoms with Gasteiger partial charge in [-0.25, -0.2) is 9.97 Å². The second-order valence-corrected chi connectivity index (χ2v) is 5.18. The number of aromatic nitrogens is 2. The lowest BCUT2D eigenvalue weighted by molar-refractivity contribution is 0.353. The molecule has 0 amide bonds. The highest BCUT2D eigenvalue weighted by Gasteiger charge is 2.22. The number of halogens is 1. The number of anilines is 1. The third-order valence-electron chi connectivity index (χ3n) is 3.65. The summed E-state index contributed by atoms with van der Waals surface area (Å²) in [4.78, 5) is 10.5. The molecule has 110 valence electrons. The molecule has 2 aromatic rings. The summed E-state index contributed by atoms with van der Waals surface area (Å²) in [6.07, 6.45) is 4.16. The van der Waals surface area contributed by atoms with Gasteiger partial charge in [0.2, 0.25) is 0 Å². The Labute approximate surface area is 128 Å². The minimum atomic E-state index is 0.432. The fourth-order valence-electron chi connectivity index (χ4n) is 2.59. The van der Waals surface area contributed by atoms with E-state index in [-0.39, 0.29) is 0 Å². The zero-order valence-electron chi connectivity index (χ0n) is 12.0. The van der Waals surface area contributed by atoms with E-state index in [9.17, 15) is 0 Å². The monoisotopic (exact) mass is 305 g/mol. The number of nitrogens with zero attached hydrogens (tertiary/aromatic N) is 3. The lowest BCUT2D eigenvalue weighted by Crippen LogP contribution is -2.31. The molecular formula is C15H16ClN3O2. The molecule has 1 aromatic carbocycles. The third kappa shape index (κ3) is 2.61. The van der Waals surface area contributed by atoms with Gasteiger partial charge in [0.1, 0.15) is 0 Å². The van der Waals surface area contributed by atoms with Crippen LogP contribution in [0, 0.1) is 0 Å². The van der Waals surface area contributed by atoms with Crippen LogP contribution in [0.1, 0.15) is 11.1 Å². The number of ether oxygens (including phenoxy) is 2. The maximum atomic E-state index is 6.13. The molecule has 0 bridgehead atoms. The van der Waals surface area contributed by atoms with Crippen molar-refractivity contribution < 1.29 is 9.47 Å². The van der Waals surface area contributed by atoms with Gasteiger partial charge in [-0.2, -0.15) is 0 Å². The second kappa shape index (κ2) is 5.77. The minimum Gasteiger partial charge on any atom is -0.493 e. The number of rotatable bonds is 3. The molecule has 6 heteroatoms. The Morgan fingerprint density at radius 2 is 1.71 bits per heavy atom. The van der Waals surface area contributed by atoms with Crippen molar-refractivity contribution in [2.75, 3.05) is 25.7 Å². The minimum absolute atomic E-state index is 0.432. The van der Waals surface area contributed by atoms with Crippen molar-refractivity contribution in [2.24, 2.45) is 0 Å². The first-order chi connectivity index (χ1) is 10.2. The Morgan fingerprint density at radius 1 is 1.05 bits per heavy atom. The quantitative estimate of drug-likeness (QED) is 0.872. The van der Waals surface area contributed by atoms with Crippen LogP contribution in [0.15, 0.2) is 24.5 Å². The fraction of sp³-hybridized carbons (Fsp3) is 0.333. The molecule has 2 heterocycles. The van der Waals surface area contributed by atoms with Crippen LogP contribution in [0.3, 0.4) is 0 Å². The first-order valence-corrected chi connectivity index (χ1v) is 7.06. The van der Waals surface area contributed by atoms with Crippen molar-refractivity contribution in [2.45, 2.75) is 13.0 Å². The Hall–Kier alpha value is -2.01. The van der Waals surface area contributed by atoms with Gasteiger partial charge in [0.25, 0.3) is 0 Å². The molecule has 0 saturated heterocycles. The number of fused-ring (bicyclic) bond motifs is 1. The Balaban J connectivity index is 1.93. The van der Waals surface area contributed by atoms with Gasteiger partial charge in [-0.3, -0.25) is 0 Å². The molecule has 0 radical (unpaired) electrons. The summed E-state index contributed by atoms with van der Waals surface area (Å²) in [7, 11) is 3.29. The molecule has 0 atom stereocenters. The first kappa shape index (κ1) is 13.9. The van der Waals surface area contributed by atoms with Gasteiger partial charge in [0, 0.05) is 25.5 Å². The maximum Gasteiger partial charge on any atom is 0.171 e. The van der Waals surface area contributed by atoms with E-state index in [1.54, 1.807) is 26.6 Å². The number of benzene rings is 1. The Morgan fingerprint density at radius 3 is 2.38 bits per heavy atom. The van der Waals surface area contributed by atoms with Gasteiger partial charge < -0.3 is 14.4 Å².